The van der Waals surface area contributed by atoms with Gasteiger partial charge in [0.2, 0.25) is 23.5 Å². The molecule has 8 rings (SSSR count). The van der Waals surface area contributed by atoms with E-state index >= 15 is 0 Å². The van der Waals surface area contributed by atoms with Crippen LogP contribution in [0.2, 0.25) is 61.4 Å². The van der Waals surface area contributed by atoms with E-state index in [1.165, 1.54) is 74.1 Å². The highest BCUT2D eigenvalue weighted by Crippen LogP contribution is 2.41. The molecule has 0 saturated heterocycles. The van der Waals surface area contributed by atoms with E-state index in [0.29, 0.717) is 88.4 Å². The third kappa shape index (κ3) is 14.8. The third-order valence-electron chi connectivity index (χ3n) is 11.7. The van der Waals surface area contributed by atoms with Crippen LogP contribution >= 0.6 is 55.1 Å². The number of sulfonamides is 2. The Morgan fingerprint density at radius 3 is 1.20 bits per heavy atom. The number of halogens is 4. The molecule has 0 aliphatic rings. The number of pyridine rings is 2. The number of anilines is 2. The molecule has 2 aromatic carbocycles. The largest absolute Gasteiger partial charge is 0.494 e. The van der Waals surface area contributed by atoms with Gasteiger partial charge in [0.05, 0.1) is 73.2 Å². The number of rotatable bonds is 22. The lowest BCUT2D eigenvalue weighted by Crippen LogP contribution is -2.36. The molecule has 0 unspecified atom stereocenters. The second-order valence-electron chi connectivity index (χ2n) is 19.8. The highest BCUT2D eigenvalue weighted by molar-refractivity contribution is 9.10. The molecule has 0 radical (unpaired) electrons. The number of nitrogens with zero attached hydrogens (tertiary/aromatic N) is 10. The Labute approximate surface area is 493 Å². The molecule has 0 spiro atoms. The molecule has 0 atom stereocenters. The predicted molar refractivity (Wildman–Crippen MR) is 325 cm³/mol. The smallest absolute Gasteiger partial charge is 0.259 e. The molecular formula is C52H58Br2Cl2N10O10S2Si2. The van der Waals surface area contributed by atoms with Crippen molar-refractivity contribution < 1.29 is 44.6 Å². The summed E-state index contributed by atoms with van der Waals surface area (Å²) in [6, 6.07) is 22.0. The number of methoxy groups -OCH3 is 4. The Bertz CT molecular complexity index is 3440. The quantitative estimate of drug-likeness (QED) is 0.0575. The van der Waals surface area contributed by atoms with Crippen molar-refractivity contribution in [3.05, 3.63) is 139 Å². The minimum absolute atomic E-state index is 0.0558. The van der Waals surface area contributed by atoms with Gasteiger partial charge >= 0.3 is 0 Å². The van der Waals surface area contributed by atoms with Crippen molar-refractivity contribution in [2.24, 2.45) is 0 Å². The first-order chi connectivity index (χ1) is 37.9. The summed E-state index contributed by atoms with van der Waals surface area (Å²) >= 11 is 18.8. The van der Waals surface area contributed by atoms with Crippen LogP contribution in [-0.4, -0.2) is 114 Å². The molecule has 0 saturated carbocycles. The average molecular weight is 1330 g/mol. The van der Waals surface area contributed by atoms with Gasteiger partial charge in [-0.2, -0.15) is 0 Å². The van der Waals surface area contributed by atoms with Gasteiger partial charge in [-0.15, -0.1) is 20.4 Å². The Morgan fingerprint density at radius 2 is 0.912 bits per heavy atom. The number of hydrogen-bond acceptors (Lipinski definition) is 16. The molecule has 0 aliphatic carbocycles. The van der Waals surface area contributed by atoms with Gasteiger partial charge in [-0.05, 0) is 117 Å². The normalized spacial score (nSPS) is 12.2. The van der Waals surface area contributed by atoms with E-state index in [2.05, 4.69) is 102 Å². The van der Waals surface area contributed by atoms with Crippen LogP contribution in [0.4, 0.5) is 11.9 Å². The first kappa shape index (κ1) is 61.4. The lowest BCUT2D eigenvalue weighted by atomic mass is 10.2. The number of benzene rings is 2. The number of ether oxygens (including phenoxy) is 4. The van der Waals surface area contributed by atoms with E-state index in [1.807, 2.05) is 0 Å². The predicted octanol–water partition coefficient (Wildman–Crippen LogP) is 13.0. The van der Waals surface area contributed by atoms with Crippen molar-refractivity contribution in [2.45, 2.75) is 51.4 Å². The fourth-order valence-corrected chi connectivity index (χ4v) is 13.6. The van der Waals surface area contributed by atoms with Crippen LogP contribution in [0.5, 0.6) is 23.0 Å². The summed E-state index contributed by atoms with van der Waals surface area (Å²) in [6.45, 7) is 13.4. The molecule has 0 aliphatic heterocycles. The first-order valence-corrected chi connectivity index (χ1v) is 37.1. The van der Waals surface area contributed by atoms with Crippen LogP contribution < -0.4 is 27.6 Å². The Morgan fingerprint density at radius 1 is 0.562 bits per heavy atom. The Hall–Kier alpha value is -6.27. The Balaban J connectivity index is 0.000000231. The van der Waals surface area contributed by atoms with Gasteiger partial charge in [-0.1, -0.05) is 74.6 Å². The van der Waals surface area contributed by atoms with Gasteiger partial charge in [0.1, 0.15) is 34.4 Å². The summed E-state index contributed by atoms with van der Waals surface area (Å²) in [5.74, 6) is 3.17. The fraction of sp³-hybridized carbons (Fsp3) is 0.269. The highest BCUT2D eigenvalue weighted by Gasteiger charge is 2.35. The Kier molecular flexibility index (Phi) is 20.0. The minimum atomic E-state index is -4.10. The summed E-state index contributed by atoms with van der Waals surface area (Å²) in [5.41, 5.74) is 1.67. The van der Waals surface area contributed by atoms with E-state index in [0.717, 1.165) is 10.8 Å². The maximum atomic E-state index is 14.0. The van der Waals surface area contributed by atoms with E-state index in [-0.39, 0.29) is 36.6 Å². The van der Waals surface area contributed by atoms with Crippen LogP contribution in [0, 0.1) is 0 Å². The lowest BCUT2D eigenvalue weighted by Gasteiger charge is -2.26. The molecule has 6 heterocycles. The highest BCUT2D eigenvalue weighted by atomic mass is 79.9. The maximum Gasteiger partial charge on any atom is 0.259 e. The van der Waals surface area contributed by atoms with Crippen LogP contribution in [-0.2, 0) is 20.0 Å². The zero-order valence-corrected chi connectivity index (χ0v) is 53.6. The molecule has 0 fully saturated rings. The molecule has 28 heteroatoms. The van der Waals surface area contributed by atoms with Crippen LogP contribution in [0.3, 0.4) is 0 Å². The van der Waals surface area contributed by atoms with Gasteiger partial charge in [-0.25, -0.2) is 25.4 Å². The van der Waals surface area contributed by atoms with Gasteiger partial charge in [0.25, 0.3) is 20.0 Å². The fourth-order valence-electron chi connectivity index (χ4n) is 7.62. The SMILES string of the molecule is COc1cccc(OC)c1-n1c(-c2ccco2)nnc1N(CC[Si](C)(C)C)S(=O)(=O)/C=C/c1ncc(Cl)cc1Br.COc1cccc(OC)c1-n1c(-c2ccco2)nnc1N(CC[Si](C)(C)C)S(=O)(=O)/C=C\c1ncc(Cl)cc1Br. The third-order valence-corrected chi connectivity index (χ3v) is 19.7. The zero-order chi connectivity index (χ0) is 58.2. The van der Waals surface area contributed by atoms with Crippen molar-refractivity contribution in [1.82, 2.24) is 39.5 Å². The first-order valence-electron chi connectivity index (χ1n) is 24.3. The average Bonchev–Trinajstić information content (AvgIpc) is 4.44. The minimum Gasteiger partial charge on any atom is -0.494 e. The van der Waals surface area contributed by atoms with Gasteiger partial charge in [0.15, 0.2) is 11.5 Å². The number of hydrogen-bond donors (Lipinski definition) is 0. The summed E-state index contributed by atoms with van der Waals surface area (Å²) in [7, 11) is -5.52. The van der Waals surface area contributed by atoms with Crippen molar-refractivity contribution in [3.8, 4) is 57.5 Å². The zero-order valence-electron chi connectivity index (χ0n) is 45.3. The van der Waals surface area contributed by atoms with Crippen molar-refractivity contribution in [2.75, 3.05) is 50.1 Å². The van der Waals surface area contributed by atoms with E-state index < -0.39 is 36.2 Å². The summed E-state index contributed by atoms with van der Waals surface area (Å²) in [6.07, 6.45) is 8.73. The summed E-state index contributed by atoms with van der Waals surface area (Å²) in [5, 5.41) is 20.5. The van der Waals surface area contributed by atoms with Crippen molar-refractivity contribution in [1.29, 1.82) is 0 Å². The topological polar surface area (TPSA) is 225 Å². The molecule has 6 aromatic heterocycles. The van der Waals surface area contributed by atoms with E-state index in [9.17, 15) is 16.8 Å². The van der Waals surface area contributed by atoms with Gasteiger partial charge < -0.3 is 27.8 Å². The van der Waals surface area contributed by atoms with Crippen LogP contribution in [0.25, 0.3) is 46.7 Å². The molecular weight excluding hydrogens is 1280 g/mol. The van der Waals surface area contributed by atoms with E-state index in [4.69, 9.17) is 51.0 Å². The summed E-state index contributed by atoms with van der Waals surface area (Å²) < 4.78 is 96.7. The van der Waals surface area contributed by atoms with Crippen molar-refractivity contribution >= 4 is 115 Å². The molecule has 424 valence electrons. The van der Waals surface area contributed by atoms with Gasteiger partial charge in [-0.3, -0.25) is 19.1 Å². The second kappa shape index (κ2) is 26.1. The lowest BCUT2D eigenvalue weighted by molar-refractivity contribution is 0.391. The molecule has 8 aromatic rings. The maximum absolute atomic E-state index is 14.0. The number of furan rings is 2. The molecule has 0 bridgehead atoms. The van der Waals surface area contributed by atoms with E-state index in [1.54, 1.807) is 81.9 Å². The summed E-state index contributed by atoms with van der Waals surface area (Å²) in [4.78, 5) is 8.45. The van der Waals surface area contributed by atoms with Crippen LogP contribution in [0.1, 0.15) is 11.4 Å². The molecule has 0 N–H and O–H groups in total. The van der Waals surface area contributed by atoms with Crippen molar-refractivity contribution in [3.63, 3.8) is 0 Å². The molecule has 80 heavy (non-hydrogen) atoms. The van der Waals surface area contributed by atoms with Gasteiger partial charge in [0, 0.05) is 50.6 Å². The monoisotopic (exact) mass is 1330 g/mol. The second-order valence-corrected chi connectivity index (χ2v) is 37.1. The standard InChI is InChI=1S/2C26H29BrClN5O5SSi/c2*1-36-21-8-6-9-22(37-2)24(21)33-25(23-10-7-13-38-23)30-31-26(33)32(12-15-40(3,4)5)39(34,35)14-11-20-19(27)16-18(28)17-29-20/h2*6-11,13-14,16-17H,12,15H2,1-5H3/b14-11+;14-11-. The number of para-hydroxylation sites is 2. The molecule has 20 nitrogen and oxygen atoms in total. The number of aromatic nitrogens is 8. The molecule has 0 amide bonds. The van der Waals surface area contributed by atoms with Crippen LogP contribution in [0.15, 0.2) is 126 Å².